The van der Waals surface area contributed by atoms with Gasteiger partial charge in [-0.1, -0.05) is 6.92 Å². The number of imidazole rings is 1. The molecule has 2 heterocycles. The average Bonchev–Trinajstić information content (AvgIpc) is 3.36. The minimum Gasteiger partial charge on any atom is -0.490 e. The van der Waals surface area contributed by atoms with Crippen molar-refractivity contribution < 1.29 is 36.2 Å². The molecule has 0 saturated carbocycles. The van der Waals surface area contributed by atoms with Gasteiger partial charge in [0.1, 0.15) is 5.75 Å². The number of carbonyl (C=O) groups excluding carboxylic acids is 1. The molecule has 2 aromatic rings. The van der Waals surface area contributed by atoms with Crippen LogP contribution in [-0.2, 0) is 31.8 Å². The molecular formula is C27H43N5O8S2. The second-order valence-electron chi connectivity index (χ2n) is 11.0. The molecular weight excluding hydrogens is 586 g/mol. The van der Waals surface area contributed by atoms with Gasteiger partial charge in [-0.15, -0.1) is 0 Å². The summed E-state index contributed by atoms with van der Waals surface area (Å²) in [5, 5.41) is 9.89. The summed E-state index contributed by atoms with van der Waals surface area (Å²) in [7, 11) is -4.35. The molecule has 236 valence electrons. The van der Waals surface area contributed by atoms with Crippen molar-refractivity contribution in [1.82, 2.24) is 18.8 Å². The minimum absolute atomic E-state index is 0.102. The van der Waals surface area contributed by atoms with Crippen LogP contribution in [0.4, 0.5) is 5.69 Å². The summed E-state index contributed by atoms with van der Waals surface area (Å²) in [5.41, 5.74) is 0.268. The van der Waals surface area contributed by atoms with Gasteiger partial charge >= 0.3 is 0 Å². The van der Waals surface area contributed by atoms with Crippen LogP contribution in [0.15, 0.2) is 35.7 Å². The van der Waals surface area contributed by atoms with Crippen LogP contribution < -0.4 is 9.46 Å². The lowest BCUT2D eigenvalue weighted by atomic mass is 10.0. The highest BCUT2D eigenvalue weighted by Gasteiger charge is 2.31. The number of aromatic nitrogens is 2. The summed E-state index contributed by atoms with van der Waals surface area (Å²) >= 11 is 0. The van der Waals surface area contributed by atoms with E-state index in [1.807, 2.05) is 13.8 Å². The van der Waals surface area contributed by atoms with Crippen LogP contribution >= 0.6 is 0 Å². The number of hydrogen-bond donors (Lipinski definition) is 2. The fourth-order valence-electron chi connectivity index (χ4n) is 4.57. The topological polar surface area (TPSA) is 160 Å². The molecule has 0 spiro atoms. The molecule has 4 atom stereocenters. The highest BCUT2D eigenvalue weighted by atomic mass is 32.2. The van der Waals surface area contributed by atoms with Crippen molar-refractivity contribution in [1.29, 1.82) is 0 Å². The van der Waals surface area contributed by atoms with Gasteiger partial charge in [0.2, 0.25) is 10.0 Å². The van der Waals surface area contributed by atoms with Crippen molar-refractivity contribution in [2.24, 2.45) is 13.0 Å². The number of likely N-dealkylation sites (N-methyl/N-ethyl adjacent to an activating group) is 1. The third kappa shape index (κ3) is 8.89. The molecule has 1 aromatic carbocycles. The fraction of sp³-hybridized carbons (Fsp3) is 0.630. The number of amides is 1. The Kier molecular flexibility index (Phi) is 11.4. The number of aliphatic hydroxyl groups is 1. The smallest absolute Gasteiger partial charge is 0.280 e. The maximum atomic E-state index is 14.1. The minimum atomic E-state index is -4.03. The number of nitrogens with one attached hydrogen (secondary N) is 1. The van der Waals surface area contributed by atoms with Gasteiger partial charge in [-0.05, 0) is 51.3 Å². The van der Waals surface area contributed by atoms with Gasteiger partial charge in [-0.3, -0.25) is 9.52 Å². The summed E-state index contributed by atoms with van der Waals surface area (Å²) in [6, 6.07) is 3.89. The van der Waals surface area contributed by atoms with Crippen LogP contribution in [0, 0.1) is 5.92 Å². The van der Waals surface area contributed by atoms with E-state index in [4.69, 9.17) is 9.47 Å². The first-order valence-electron chi connectivity index (χ1n) is 13.9. The van der Waals surface area contributed by atoms with E-state index >= 15 is 0 Å². The Bertz CT molecular complexity index is 1430. The molecule has 0 aliphatic carbocycles. The van der Waals surface area contributed by atoms with Crippen LogP contribution in [0.5, 0.6) is 5.75 Å². The first-order chi connectivity index (χ1) is 19.6. The number of sulfonamides is 2. The number of nitrogens with zero attached hydrogens (tertiary/aromatic N) is 4. The van der Waals surface area contributed by atoms with E-state index in [0.717, 1.165) is 19.1 Å². The maximum absolute atomic E-state index is 14.1. The van der Waals surface area contributed by atoms with Gasteiger partial charge in [0.05, 0.1) is 43.0 Å². The molecule has 0 bridgehead atoms. The lowest BCUT2D eigenvalue weighted by Crippen LogP contribution is -2.47. The Labute approximate surface area is 248 Å². The van der Waals surface area contributed by atoms with E-state index in [1.54, 1.807) is 20.0 Å². The summed E-state index contributed by atoms with van der Waals surface area (Å²) in [5.74, 6) is -0.501. The monoisotopic (exact) mass is 629 g/mol. The first kappa shape index (κ1) is 33.8. The molecule has 15 heteroatoms. The van der Waals surface area contributed by atoms with E-state index in [2.05, 4.69) is 9.71 Å². The van der Waals surface area contributed by atoms with Crippen molar-refractivity contribution >= 4 is 31.6 Å². The largest absolute Gasteiger partial charge is 0.490 e. The van der Waals surface area contributed by atoms with Crippen LogP contribution in [0.25, 0.3) is 0 Å². The first-order valence-corrected chi connectivity index (χ1v) is 17.2. The lowest BCUT2D eigenvalue weighted by molar-refractivity contribution is -0.00828. The van der Waals surface area contributed by atoms with Gasteiger partial charge in [-0.25, -0.2) is 17.7 Å². The summed E-state index contributed by atoms with van der Waals surface area (Å²) in [4.78, 5) is 19.5. The van der Waals surface area contributed by atoms with E-state index in [-0.39, 0.29) is 53.7 Å². The number of rotatable bonds is 8. The quantitative estimate of drug-likeness (QED) is 0.445. The molecule has 0 unspecified atom stereocenters. The Morgan fingerprint density at radius 3 is 2.55 bits per heavy atom. The zero-order valence-electron chi connectivity index (χ0n) is 25.1. The normalized spacial score (nSPS) is 22.2. The van der Waals surface area contributed by atoms with E-state index in [1.165, 1.54) is 45.5 Å². The number of fused-ring (bicyclic) bond motifs is 1. The second kappa shape index (κ2) is 14.2. The van der Waals surface area contributed by atoms with E-state index < -0.39 is 38.1 Å². The number of anilines is 1. The number of aliphatic hydroxyl groups excluding tert-OH is 1. The SMILES string of the molecule is C[C@H](CO)N1C[C@H](C)[C@H](CN(C)S(C)(=O)=O)OCCCC[C@H](C)Oc2ccc(NS(=O)(=O)c3cn(C)cn3)cc2C1=O. The maximum Gasteiger partial charge on any atom is 0.280 e. The molecule has 0 fully saturated rings. The summed E-state index contributed by atoms with van der Waals surface area (Å²) < 4.78 is 67.7. The number of carbonyl (C=O) groups is 1. The van der Waals surface area contributed by atoms with Gasteiger partial charge < -0.3 is 24.0 Å². The summed E-state index contributed by atoms with van der Waals surface area (Å²) in [6.07, 6.45) is 5.27. The highest BCUT2D eigenvalue weighted by molar-refractivity contribution is 7.92. The molecule has 1 aliphatic rings. The van der Waals surface area contributed by atoms with Gasteiger partial charge in [-0.2, -0.15) is 8.42 Å². The van der Waals surface area contributed by atoms with Crippen LogP contribution in [-0.4, -0.2) is 104 Å². The van der Waals surface area contributed by atoms with E-state index in [0.29, 0.717) is 13.0 Å². The number of benzene rings is 1. The standard InChI is InChI=1S/C27H43N5O8S2/c1-19-14-32(20(2)17-33)27(34)23-13-22(29-42(37,38)26-16-30(4)18-28-26)10-11-24(23)40-21(3)9-7-8-12-39-25(19)15-31(5)41(6,35)36/h10-11,13,16,18-21,25,29,33H,7-9,12,14-15,17H2,1-6H3/t19-,20+,21-,25-/m0/s1. The molecule has 1 aromatic heterocycles. The Morgan fingerprint density at radius 1 is 1.21 bits per heavy atom. The predicted octanol–water partition coefficient (Wildman–Crippen LogP) is 1.91. The highest BCUT2D eigenvalue weighted by Crippen LogP contribution is 2.29. The van der Waals surface area contributed by atoms with Crippen LogP contribution in [0.1, 0.15) is 50.4 Å². The predicted molar refractivity (Wildman–Crippen MR) is 158 cm³/mol. The van der Waals surface area contributed by atoms with Gasteiger partial charge in [0.25, 0.3) is 15.9 Å². The average molecular weight is 630 g/mol. The molecule has 42 heavy (non-hydrogen) atoms. The second-order valence-corrected chi connectivity index (χ2v) is 14.8. The Morgan fingerprint density at radius 2 is 1.93 bits per heavy atom. The van der Waals surface area contributed by atoms with Crippen LogP contribution in [0.3, 0.4) is 0 Å². The van der Waals surface area contributed by atoms with Crippen LogP contribution in [0.2, 0.25) is 0 Å². The zero-order chi connectivity index (χ0) is 31.2. The van der Waals surface area contributed by atoms with Crippen molar-refractivity contribution in [2.75, 3.05) is 44.3 Å². The number of hydrogen-bond acceptors (Lipinski definition) is 9. The Hall–Kier alpha value is -2.72. The van der Waals surface area contributed by atoms with Gasteiger partial charge in [0, 0.05) is 51.6 Å². The van der Waals surface area contributed by atoms with Gasteiger partial charge in [0.15, 0.2) is 5.03 Å². The van der Waals surface area contributed by atoms with E-state index in [9.17, 15) is 26.7 Å². The van der Waals surface area contributed by atoms with Crippen molar-refractivity contribution in [3.63, 3.8) is 0 Å². The number of ether oxygens (including phenoxy) is 2. The molecule has 1 amide bonds. The van der Waals surface area contributed by atoms with Crippen molar-refractivity contribution in [2.45, 2.75) is 63.3 Å². The molecule has 2 N–H and O–H groups in total. The summed E-state index contributed by atoms with van der Waals surface area (Å²) in [6.45, 7) is 5.79. The van der Waals surface area contributed by atoms with Crippen molar-refractivity contribution in [3.8, 4) is 5.75 Å². The molecule has 0 radical (unpaired) electrons. The third-order valence-corrected chi connectivity index (χ3v) is 9.81. The molecule has 0 saturated heterocycles. The lowest BCUT2D eigenvalue weighted by Gasteiger charge is -2.35. The fourth-order valence-corrected chi connectivity index (χ4v) is 6.02. The zero-order valence-corrected chi connectivity index (χ0v) is 26.7. The third-order valence-electron chi connectivity index (χ3n) is 7.26. The number of aryl methyl sites for hydroxylation is 1. The molecule has 1 aliphatic heterocycles. The molecule has 3 rings (SSSR count). The molecule has 13 nitrogen and oxygen atoms in total. The Balaban J connectivity index is 2.02. The van der Waals surface area contributed by atoms with Crippen molar-refractivity contribution in [3.05, 3.63) is 36.3 Å².